The van der Waals surface area contributed by atoms with Crippen molar-refractivity contribution >= 4 is 41.2 Å². The summed E-state index contributed by atoms with van der Waals surface area (Å²) in [6, 6.07) is 2.23. The fourth-order valence-corrected chi connectivity index (χ4v) is 5.31. The van der Waals surface area contributed by atoms with Gasteiger partial charge in [-0.3, -0.25) is 9.59 Å². The van der Waals surface area contributed by atoms with Crippen LogP contribution < -0.4 is 16.0 Å². The van der Waals surface area contributed by atoms with E-state index >= 15 is 0 Å². The van der Waals surface area contributed by atoms with Crippen LogP contribution in [0.15, 0.2) is 48.0 Å². The Balaban J connectivity index is 1.73. The molecule has 0 bridgehead atoms. The minimum absolute atomic E-state index is 0.0861. The molecule has 4 N–H and O–H groups in total. The number of nitrogens with one attached hydrogen (secondary N) is 3. The smallest absolute Gasteiger partial charge is 0.237 e. The number of carbonyl (C=O) groups excluding carboxylic acids is 2. The highest BCUT2D eigenvalue weighted by molar-refractivity contribution is 6.31. The Bertz CT molecular complexity index is 1010. The third-order valence-electron chi connectivity index (χ3n) is 7.18. The molecule has 1 aromatic carbocycles. The van der Waals surface area contributed by atoms with E-state index in [2.05, 4.69) is 27.4 Å². The summed E-state index contributed by atoms with van der Waals surface area (Å²) in [5.41, 5.74) is 1.01. The Morgan fingerprint density at radius 2 is 2.08 bits per heavy atom. The number of benzene rings is 1. The Kier molecular flexibility index (Phi) is 11.6. The fraction of sp³-hybridized carbons (Fsp3) is 0.481. The standard InChI is InChI=1S/C27H35Cl2FN4O3/c1-2-19(28)5-3-4-6-20-22(21-13-24(30)23(29)14-25(21)33-17-36)15-32-26(20)27(37)31-9-12-34-10-7-18(16-35)8-11-34/h2-5,13-14,17-18,20,22,26,32,35H,1,6-12,15-16H2,(H,31,37)(H,33,36)/b4-3-,19-5+/t20-,22-,26-/m1/s1. The van der Waals surface area contributed by atoms with E-state index in [9.17, 15) is 19.1 Å². The second-order valence-electron chi connectivity index (χ2n) is 9.45. The molecule has 0 aliphatic carbocycles. The number of rotatable bonds is 12. The predicted octanol–water partition coefficient (Wildman–Crippen LogP) is 3.79. The van der Waals surface area contributed by atoms with Gasteiger partial charge in [-0.1, -0.05) is 48.0 Å². The molecule has 0 aromatic heterocycles. The number of anilines is 1. The maximum absolute atomic E-state index is 14.4. The first-order chi connectivity index (χ1) is 17.9. The zero-order valence-electron chi connectivity index (χ0n) is 20.8. The summed E-state index contributed by atoms with van der Waals surface area (Å²) in [5.74, 6) is -0.788. The van der Waals surface area contributed by atoms with Crippen molar-refractivity contribution in [3.05, 3.63) is 64.5 Å². The fourth-order valence-electron chi connectivity index (χ4n) is 5.08. The molecule has 2 fully saturated rings. The molecule has 2 heterocycles. The molecular weight excluding hydrogens is 518 g/mol. The molecule has 0 radical (unpaired) electrons. The molecule has 2 aliphatic heterocycles. The van der Waals surface area contributed by atoms with Crippen LogP contribution in [0.5, 0.6) is 0 Å². The second-order valence-corrected chi connectivity index (χ2v) is 10.3. The molecule has 3 atom stereocenters. The number of hydrogen-bond donors (Lipinski definition) is 4. The second kappa shape index (κ2) is 14.6. The maximum Gasteiger partial charge on any atom is 0.237 e. The van der Waals surface area contributed by atoms with Crippen LogP contribution >= 0.6 is 23.2 Å². The van der Waals surface area contributed by atoms with Crippen LogP contribution in [0.25, 0.3) is 0 Å². The van der Waals surface area contributed by atoms with Crippen molar-refractivity contribution < 1.29 is 19.1 Å². The number of halogens is 3. The average molecular weight is 554 g/mol. The number of likely N-dealkylation sites (tertiary alicyclic amines) is 1. The van der Waals surface area contributed by atoms with Gasteiger partial charge in [0.05, 0.1) is 11.1 Å². The Hall–Kier alpha value is -2.23. The Morgan fingerprint density at radius 3 is 2.76 bits per heavy atom. The van der Waals surface area contributed by atoms with Crippen molar-refractivity contribution in [2.45, 2.75) is 31.2 Å². The van der Waals surface area contributed by atoms with Crippen molar-refractivity contribution in [3.8, 4) is 0 Å². The third kappa shape index (κ3) is 8.12. The Labute approximate surface area is 227 Å². The van der Waals surface area contributed by atoms with Crippen LogP contribution in [0, 0.1) is 17.7 Å². The normalized spacial score (nSPS) is 23.4. The molecule has 2 saturated heterocycles. The van der Waals surface area contributed by atoms with Gasteiger partial charge < -0.3 is 26.0 Å². The minimum Gasteiger partial charge on any atom is -0.396 e. The molecule has 0 unspecified atom stereocenters. The summed E-state index contributed by atoms with van der Waals surface area (Å²) < 4.78 is 14.4. The molecule has 1 aromatic rings. The number of carbonyl (C=O) groups is 2. The van der Waals surface area contributed by atoms with Gasteiger partial charge in [0.1, 0.15) is 5.82 Å². The quantitative estimate of drug-likeness (QED) is 0.234. The third-order valence-corrected chi connectivity index (χ3v) is 7.75. The lowest BCUT2D eigenvalue weighted by atomic mass is 9.81. The first kappa shape index (κ1) is 29.3. The van der Waals surface area contributed by atoms with E-state index in [1.807, 2.05) is 6.08 Å². The van der Waals surface area contributed by atoms with Crippen molar-refractivity contribution in [1.82, 2.24) is 15.5 Å². The lowest BCUT2D eigenvalue weighted by molar-refractivity contribution is -0.123. The van der Waals surface area contributed by atoms with Gasteiger partial charge in [0, 0.05) is 42.9 Å². The van der Waals surface area contributed by atoms with Gasteiger partial charge in [-0.15, -0.1) is 0 Å². The van der Waals surface area contributed by atoms with Gasteiger partial charge in [0.15, 0.2) is 0 Å². The molecule has 2 aliphatic rings. The predicted molar refractivity (Wildman–Crippen MR) is 146 cm³/mol. The van der Waals surface area contributed by atoms with E-state index in [0.717, 1.165) is 32.5 Å². The van der Waals surface area contributed by atoms with Gasteiger partial charge in [0.2, 0.25) is 12.3 Å². The number of aliphatic hydroxyl groups is 1. The molecular formula is C27H35Cl2FN4O3. The summed E-state index contributed by atoms with van der Waals surface area (Å²) in [5, 5.41) is 18.7. The topological polar surface area (TPSA) is 93.7 Å². The van der Waals surface area contributed by atoms with Crippen molar-refractivity contribution in [1.29, 1.82) is 0 Å². The number of amides is 2. The molecule has 7 nitrogen and oxygen atoms in total. The lowest BCUT2D eigenvalue weighted by Crippen LogP contribution is -2.47. The SMILES string of the molecule is C=C/C(Cl)=C\C=C/C[C@H]1[C@H](C(=O)NCCN2CCC(CO)CC2)NC[C@H]1c1cc(F)c(Cl)cc1NC=O. The number of hydrogen-bond acceptors (Lipinski definition) is 5. The number of nitrogens with zero attached hydrogens (tertiary/aromatic N) is 1. The minimum atomic E-state index is -0.582. The van der Waals surface area contributed by atoms with Gasteiger partial charge in [0.25, 0.3) is 0 Å². The molecule has 0 saturated carbocycles. The zero-order chi connectivity index (χ0) is 26.8. The van der Waals surface area contributed by atoms with Crippen LogP contribution in [0.2, 0.25) is 5.02 Å². The summed E-state index contributed by atoms with van der Waals surface area (Å²) in [4.78, 5) is 26.7. The molecule has 10 heteroatoms. The van der Waals surface area contributed by atoms with Crippen molar-refractivity contribution in [2.24, 2.45) is 11.8 Å². The summed E-state index contributed by atoms with van der Waals surface area (Å²) in [7, 11) is 0. The first-order valence-electron chi connectivity index (χ1n) is 12.6. The van der Waals surface area contributed by atoms with Gasteiger partial charge in [-0.25, -0.2) is 4.39 Å². The summed E-state index contributed by atoms with van der Waals surface area (Å²) in [6.07, 6.45) is 9.93. The highest BCUT2D eigenvalue weighted by Gasteiger charge is 2.41. The summed E-state index contributed by atoms with van der Waals surface area (Å²) in [6.45, 7) is 7.36. The first-order valence-corrected chi connectivity index (χ1v) is 13.3. The molecule has 0 spiro atoms. The van der Waals surface area contributed by atoms with Gasteiger partial charge >= 0.3 is 0 Å². The van der Waals surface area contributed by atoms with Crippen LogP contribution in [-0.2, 0) is 9.59 Å². The van der Waals surface area contributed by atoms with E-state index in [-0.39, 0.29) is 29.4 Å². The van der Waals surface area contributed by atoms with E-state index < -0.39 is 11.9 Å². The Morgan fingerprint density at radius 1 is 1.32 bits per heavy atom. The maximum atomic E-state index is 14.4. The molecule has 3 rings (SSSR count). The van der Waals surface area contributed by atoms with Gasteiger partial charge in [-0.2, -0.15) is 0 Å². The van der Waals surface area contributed by atoms with E-state index in [1.165, 1.54) is 18.2 Å². The van der Waals surface area contributed by atoms with Crippen LogP contribution in [0.1, 0.15) is 30.7 Å². The molecule has 2 amide bonds. The molecule has 202 valence electrons. The van der Waals surface area contributed by atoms with Crippen molar-refractivity contribution in [3.63, 3.8) is 0 Å². The lowest BCUT2D eigenvalue weighted by Gasteiger charge is -2.31. The molecule has 37 heavy (non-hydrogen) atoms. The van der Waals surface area contributed by atoms with E-state index in [1.54, 1.807) is 12.2 Å². The monoisotopic (exact) mass is 552 g/mol. The largest absolute Gasteiger partial charge is 0.396 e. The highest BCUT2D eigenvalue weighted by atomic mass is 35.5. The summed E-state index contributed by atoms with van der Waals surface area (Å²) >= 11 is 12.0. The van der Waals surface area contributed by atoms with E-state index in [0.29, 0.717) is 48.1 Å². The van der Waals surface area contributed by atoms with Crippen LogP contribution in [0.4, 0.5) is 10.1 Å². The highest BCUT2D eigenvalue weighted by Crippen LogP contribution is 2.40. The number of piperidine rings is 1. The number of allylic oxidation sites excluding steroid dienone is 5. The zero-order valence-corrected chi connectivity index (χ0v) is 22.3. The van der Waals surface area contributed by atoms with Crippen LogP contribution in [-0.4, -0.2) is 67.7 Å². The number of aliphatic hydroxyl groups excluding tert-OH is 1. The van der Waals surface area contributed by atoms with E-state index in [4.69, 9.17) is 23.2 Å². The van der Waals surface area contributed by atoms with Crippen molar-refractivity contribution in [2.75, 3.05) is 44.6 Å². The van der Waals surface area contributed by atoms with Crippen LogP contribution in [0.3, 0.4) is 0 Å². The average Bonchev–Trinajstić information content (AvgIpc) is 3.32. The van der Waals surface area contributed by atoms with Gasteiger partial charge in [-0.05, 0) is 68.0 Å².